The van der Waals surface area contributed by atoms with Crippen molar-refractivity contribution in [1.82, 2.24) is 15.4 Å². The van der Waals surface area contributed by atoms with Crippen molar-refractivity contribution in [2.75, 3.05) is 0 Å². The summed E-state index contributed by atoms with van der Waals surface area (Å²) in [4.78, 5) is 17.9. The van der Waals surface area contributed by atoms with Crippen LogP contribution in [0, 0.1) is 0 Å². The fraction of sp³-hybridized carbons (Fsp3) is 0. The average molecular weight is 176 g/mol. The van der Waals surface area contributed by atoms with E-state index in [2.05, 4.69) is 9.97 Å². The van der Waals surface area contributed by atoms with Crippen LogP contribution in [0.5, 0.6) is 0 Å². The number of aromatic amines is 1. The zero-order chi connectivity index (χ0) is 9.26. The summed E-state index contributed by atoms with van der Waals surface area (Å²) >= 11 is 0. The van der Waals surface area contributed by atoms with E-state index in [0.717, 1.165) is 11.0 Å². The number of hydrogen-bond acceptors (Lipinski definition) is 3. The molecule has 2 aromatic rings. The SMILES string of the molecule is NNC(=O)c1nc2ccccc2[nH]1. The molecule has 66 valence electrons. The minimum atomic E-state index is -0.420. The molecule has 0 unspecified atom stereocenters. The van der Waals surface area contributed by atoms with Gasteiger partial charge in [-0.15, -0.1) is 0 Å². The molecule has 4 N–H and O–H groups in total. The zero-order valence-electron chi connectivity index (χ0n) is 6.74. The fourth-order valence-corrected chi connectivity index (χ4v) is 1.13. The maximum absolute atomic E-state index is 11.1. The van der Waals surface area contributed by atoms with Gasteiger partial charge in [0, 0.05) is 0 Å². The number of nitrogens with one attached hydrogen (secondary N) is 2. The van der Waals surface area contributed by atoms with Gasteiger partial charge in [0.2, 0.25) is 0 Å². The van der Waals surface area contributed by atoms with Gasteiger partial charge >= 0.3 is 5.91 Å². The van der Waals surface area contributed by atoms with Gasteiger partial charge in [-0.1, -0.05) is 12.1 Å². The zero-order valence-corrected chi connectivity index (χ0v) is 6.74. The Balaban J connectivity index is 2.56. The average Bonchev–Trinajstić information content (AvgIpc) is 2.59. The second kappa shape index (κ2) is 2.87. The van der Waals surface area contributed by atoms with E-state index >= 15 is 0 Å². The van der Waals surface area contributed by atoms with Crippen LogP contribution >= 0.6 is 0 Å². The van der Waals surface area contributed by atoms with E-state index in [1.807, 2.05) is 29.7 Å². The molecule has 1 heterocycles. The first-order valence-corrected chi connectivity index (χ1v) is 3.77. The lowest BCUT2D eigenvalue weighted by atomic mass is 10.3. The lowest BCUT2D eigenvalue weighted by Gasteiger charge is -1.90. The van der Waals surface area contributed by atoms with Crippen LogP contribution in [-0.4, -0.2) is 15.9 Å². The molecule has 0 aliphatic heterocycles. The molecule has 0 saturated heterocycles. The second-order valence-electron chi connectivity index (χ2n) is 2.58. The summed E-state index contributed by atoms with van der Waals surface area (Å²) in [7, 11) is 0. The lowest BCUT2D eigenvalue weighted by Crippen LogP contribution is -2.30. The Kier molecular flexibility index (Phi) is 1.71. The minimum absolute atomic E-state index is 0.226. The quantitative estimate of drug-likeness (QED) is 0.329. The third-order valence-electron chi connectivity index (χ3n) is 1.74. The number of carbonyl (C=O) groups excluding carboxylic acids is 1. The highest BCUT2D eigenvalue weighted by Crippen LogP contribution is 2.09. The van der Waals surface area contributed by atoms with Crippen LogP contribution in [0.2, 0.25) is 0 Å². The Morgan fingerprint density at radius 3 is 2.92 bits per heavy atom. The Morgan fingerprint density at radius 1 is 1.46 bits per heavy atom. The maximum Gasteiger partial charge on any atom is 0.300 e. The van der Waals surface area contributed by atoms with E-state index < -0.39 is 5.91 Å². The summed E-state index contributed by atoms with van der Waals surface area (Å²) < 4.78 is 0. The van der Waals surface area contributed by atoms with Gasteiger partial charge in [0.1, 0.15) is 0 Å². The highest BCUT2D eigenvalue weighted by atomic mass is 16.2. The minimum Gasteiger partial charge on any atom is -0.334 e. The largest absolute Gasteiger partial charge is 0.334 e. The van der Waals surface area contributed by atoms with Crippen molar-refractivity contribution in [2.24, 2.45) is 5.84 Å². The third kappa shape index (κ3) is 1.25. The number of hydrazine groups is 1. The number of rotatable bonds is 1. The van der Waals surface area contributed by atoms with E-state index in [1.165, 1.54) is 0 Å². The van der Waals surface area contributed by atoms with Crippen LogP contribution in [0.4, 0.5) is 0 Å². The van der Waals surface area contributed by atoms with E-state index in [9.17, 15) is 4.79 Å². The van der Waals surface area contributed by atoms with Gasteiger partial charge in [0.15, 0.2) is 5.82 Å². The topological polar surface area (TPSA) is 83.8 Å². The molecule has 0 fully saturated rings. The number of hydrogen-bond donors (Lipinski definition) is 3. The Labute approximate surface area is 73.9 Å². The normalized spacial score (nSPS) is 10.2. The molecule has 2 rings (SSSR count). The second-order valence-corrected chi connectivity index (χ2v) is 2.58. The van der Waals surface area contributed by atoms with Gasteiger partial charge in [0.05, 0.1) is 11.0 Å². The van der Waals surface area contributed by atoms with Gasteiger partial charge in [0.25, 0.3) is 0 Å². The number of benzene rings is 1. The molecule has 1 amide bonds. The van der Waals surface area contributed by atoms with Gasteiger partial charge < -0.3 is 4.98 Å². The molecule has 13 heavy (non-hydrogen) atoms. The molecule has 0 aliphatic carbocycles. The molecule has 0 spiro atoms. The summed E-state index contributed by atoms with van der Waals surface area (Å²) in [6.45, 7) is 0. The maximum atomic E-state index is 11.1. The van der Waals surface area contributed by atoms with Crippen LogP contribution in [0.15, 0.2) is 24.3 Å². The van der Waals surface area contributed by atoms with Crippen LogP contribution in [0.3, 0.4) is 0 Å². The predicted molar refractivity (Wildman–Crippen MR) is 47.7 cm³/mol. The number of fused-ring (bicyclic) bond motifs is 1. The Morgan fingerprint density at radius 2 is 2.23 bits per heavy atom. The first-order valence-electron chi connectivity index (χ1n) is 3.77. The molecule has 5 nitrogen and oxygen atoms in total. The standard InChI is InChI=1S/C8H8N4O/c9-12-8(13)7-10-5-3-1-2-4-6(5)11-7/h1-4H,9H2,(H,10,11)(H,12,13). The molecule has 0 radical (unpaired) electrons. The molecular weight excluding hydrogens is 168 g/mol. The third-order valence-corrected chi connectivity index (χ3v) is 1.74. The number of amides is 1. The predicted octanol–water partition coefficient (Wildman–Crippen LogP) is 0.166. The summed E-state index contributed by atoms with van der Waals surface area (Å²) in [5, 5.41) is 0. The number of imidazole rings is 1. The fourth-order valence-electron chi connectivity index (χ4n) is 1.13. The molecule has 1 aromatic carbocycles. The van der Waals surface area contributed by atoms with Crippen molar-refractivity contribution in [3.8, 4) is 0 Å². The summed E-state index contributed by atoms with van der Waals surface area (Å²) in [6.07, 6.45) is 0. The first-order chi connectivity index (χ1) is 6.31. The smallest absolute Gasteiger partial charge is 0.300 e. The molecule has 0 aliphatic rings. The molecule has 5 heteroatoms. The van der Waals surface area contributed by atoms with Crippen molar-refractivity contribution in [3.05, 3.63) is 30.1 Å². The van der Waals surface area contributed by atoms with Gasteiger partial charge in [-0.2, -0.15) is 0 Å². The van der Waals surface area contributed by atoms with Crippen molar-refractivity contribution < 1.29 is 4.79 Å². The monoisotopic (exact) mass is 176 g/mol. The van der Waals surface area contributed by atoms with Crippen molar-refractivity contribution in [2.45, 2.75) is 0 Å². The first kappa shape index (κ1) is 7.75. The number of nitrogens with two attached hydrogens (primary N) is 1. The highest BCUT2D eigenvalue weighted by Gasteiger charge is 2.08. The molecule has 0 atom stereocenters. The van der Waals surface area contributed by atoms with E-state index in [4.69, 9.17) is 5.84 Å². The molecule has 0 saturated carbocycles. The molecule has 1 aromatic heterocycles. The van der Waals surface area contributed by atoms with Crippen LogP contribution in [0.1, 0.15) is 10.6 Å². The van der Waals surface area contributed by atoms with E-state index in [0.29, 0.717) is 0 Å². The van der Waals surface area contributed by atoms with E-state index in [1.54, 1.807) is 0 Å². The summed E-state index contributed by atoms with van der Waals surface area (Å²) in [5.41, 5.74) is 3.58. The van der Waals surface area contributed by atoms with Crippen molar-refractivity contribution in [1.29, 1.82) is 0 Å². The number of nitrogen functional groups attached to an aromatic ring is 1. The highest BCUT2D eigenvalue weighted by molar-refractivity contribution is 5.93. The number of H-pyrrole nitrogens is 1. The number of para-hydroxylation sites is 2. The van der Waals surface area contributed by atoms with Gasteiger partial charge in [-0.25, -0.2) is 10.8 Å². The van der Waals surface area contributed by atoms with Gasteiger partial charge in [-0.3, -0.25) is 10.2 Å². The number of carbonyl (C=O) groups is 1. The van der Waals surface area contributed by atoms with Crippen molar-refractivity contribution in [3.63, 3.8) is 0 Å². The Bertz CT molecular complexity index is 415. The molecular formula is C8H8N4O. The lowest BCUT2D eigenvalue weighted by molar-refractivity contribution is 0.0944. The Hall–Kier alpha value is -1.88. The van der Waals surface area contributed by atoms with Gasteiger partial charge in [-0.05, 0) is 12.1 Å². The number of aromatic nitrogens is 2. The van der Waals surface area contributed by atoms with Crippen LogP contribution in [0.25, 0.3) is 11.0 Å². The molecule has 0 bridgehead atoms. The number of nitrogens with zero attached hydrogens (tertiary/aromatic N) is 1. The van der Waals surface area contributed by atoms with E-state index in [-0.39, 0.29) is 5.82 Å². The summed E-state index contributed by atoms with van der Waals surface area (Å²) in [5.74, 6) is 4.77. The van der Waals surface area contributed by atoms with Crippen molar-refractivity contribution >= 4 is 16.9 Å². The van der Waals surface area contributed by atoms with Crippen LogP contribution in [-0.2, 0) is 0 Å². The van der Waals surface area contributed by atoms with Crippen LogP contribution < -0.4 is 11.3 Å². The summed E-state index contributed by atoms with van der Waals surface area (Å²) in [6, 6.07) is 7.38.